The van der Waals surface area contributed by atoms with Gasteiger partial charge in [-0.15, -0.1) is 5.10 Å². The molecule has 3 aromatic rings. The fourth-order valence-electron chi connectivity index (χ4n) is 2.20. The lowest BCUT2D eigenvalue weighted by Crippen LogP contribution is -2.24. The van der Waals surface area contributed by atoms with Gasteiger partial charge in [0.2, 0.25) is 11.1 Å². The Morgan fingerprint density at radius 1 is 1.19 bits per heavy atom. The van der Waals surface area contributed by atoms with E-state index in [0.717, 1.165) is 11.8 Å². The lowest BCUT2D eigenvalue weighted by atomic mass is 10.2. The van der Waals surface area contributed by atoms with Crippen molar-refractivity contribution in [3.63, 3.8) is 0 Å². The van der Waals surface area contributed by atoms with E-state index in [0.29, 0.717) is 16.4 Å². The van der Waals surface area contributed by atoms with Crippen LogP contribution in [0, 0.1) is 5.82 Å². The van der Waals surface area contributed by atoms with E-state index in [-0.39, 0.29) is 29.6 Å². The van der Waals surface area contributed by atoms with Gasteiger partial charge in [0.1, 0.15) is 5.82 Å². The SMILES string of the molecule is O=C(CSc1nnnn1-c1ccc(C(=O)O)cc1)NCc1cccc(F)c1. The van der Waals surface area contributed by atoms with E-state index in [1.807, 2.05) is 0 Å². The van der Waals surface area contributed by atoms with Crippen molar-refractivity contribution in [3.8, 4) is 5.69 Å². The third-order valence-corrected chi connectivity index (χ3v) is 4.43. The summed E-state index contributed by atoms with van der Waals surface area (Å²) in [4.78, 5) is 22.9. The van der Waals surface area contributed by atoms with Crippen LogP contribution in [0.2, 0.25) is 0 Å². The van der Waals surface area contributed by atoms with Gasteiger partial charge in [-0.05, 0) is 52.4 Å². The van der Waals surface area contributed by atoms with Crippen LogP contribution >= 0.6 is 11.8 Å². The molecule has 0 aliphatic carbocycles. The molecule has 0 radical (unpaired) electrons. The number of hydrogen-bond acceptors (Lipinski definition) is 6. The van der Waals surface area contributed by atoms with Crippen LogP contribution in [0.4, 0.5) is 4.39 Å². The molecular formula is C17H14FN5O3S. The van der Waals surface area contributed by atoms with Crippen molar-refractivity contribution in [2.75, 3.05) is 5.75 Å². The van der Waals surface area contributed by atoms with Gasteiger partial charge in [0.05, 0.1) is 17.0 Å². The summed E-state index contributed by atoms with van der Waals surface area (Å²) in [5.41, 5.74) is 1.39. The summed E-state index contributed by atoms with van der Waals surface area (Å²) < 4.78 is 14.5. The number of tetrazole rings is 1. The minimum atomic E-state index is -1.03. The first-order valence-corrected chi connectivity index (χ1v) is 8.77. The molecule has 10 heteroatoms. The van der Waals surface area contributed by atoms with E-state index in [1.54, 1.807) is 24.3 Å². The molecule has 8 nitrogen and oxygen atoms in total. The first-order valence-electron chi connectivity index (χ1n) is 7.79. The van der Waals surface area contributed by atoms with Crippen LogP contribution in [-0.2, 0) is 11.3 Å². The molecular weight excluding hydrogens is 373 g/mol. The summed E-state index contributed by atoms with van der Waals surface area (Å²) >= 11 is 1.13. The number of carbonyl (C=O) groups is 2. The van der Waals surface area contributed by atoms with Crippen molar-refractivity contribution in [3.05, 3.63) is 65.5 Å². The number of thioether (sulfide) groups is 1. The number of rotatable bonds is 7. The van der Waals surface area contributed by atoms with Gasteiger partial charge in [-0.2, -0.15) is 4.68 Å². The first kappa shape index (κ1) is 18.5. The lowest BCUT2D eigenvalue weighted by molar-refractivity contribution is -0.118. The van der Waals surface area contributed by atoms with Crippen LogP contribution in [0.5, 0.6) is 0 Å². The van der Waals surface area contributed by atoms with Gasteiger partial charge in [0, 0.05) is 6.54 Å². The number of carbonyl (C=O) groups excluding carboxylic acids is 1. The number of halogens is 1. The molecule has 1 heterocycles. The fourth-order valence-corrected chi connectivity index (χ4v) is 2.93. The van der Waals surface area contributed by atoms with Crippen molar-refractivity contribution in [2.45, 2.75) is 11.7 Å². The zero-order chi connectivity index (χ0) is 19.2. The molecule has 0 aliphatic rings. The summed E-state index contributed by atoms with van der Waals surface area (Å²) in [6.07, 6.45) is 0. The second-order valence-electron chi connectivity index (χ2n) is 5.42. The average Bonchev–Trinajstić information content (AvgIpc) is 3.13. The number of carboxylic acids is 1. The second-order valence-corrected chi connectivity index (χ2v) is 6.36. The minimum absolute atomic E-state index is 0.0723. The predicted molar refractivity (Wildman–Crippen MR) is 95.1 cm³/mol. The normalized spacial score (nSPS) is 10.6. The Hall–Kier alpha value is -3.27. The van der Waals surface area contributed by atoms with E-state index < -0.39 is 5.97 Å². The van der Waals surface area contributed by atoms with E-state index in [2.05, 4.69) is 20.8 Å². The molecule has 1 amide bonds. The van der Waals surface area contributed by atoms with Crippen LogP contribution in [-0.4, -0.2) is 42.9 Å². The van der Waals surface area contributed by atoms with E-state index >= 15 is 0 Å². The molecule has 0 saturated heterocycles. The molecule has 0 fully saturated rings. The Morgan fingerprint density at radius 2 is 1.96 bits per heavy atom. The van der Waals surface area contributed by atoms with Gasteiger partial charge < -0.3 is 10.4 Å². The summed E-state index contributed by atoms with van der Waals surface area (Å²) in [6, 6.07) is 12.0. The number of nitrogens with one attached hydrogen (secondary N) is 1. The standard InChI is InChI=1S/C17H14FN5O3S/c18-13-3-1-2-11(8-13)9-19-15(24)10-27-17-20-21-22-23(17)14-6-4-12(5-7-14)16(25)26/h1-8H,9-10H2,(H,19,24)(H,25,26). The molecule has 2 N–H and O–H groups in total. The number of carboxylic acid groups (broad SMARTS) is 1. The average molecular weight is 387 g/mol. The zero-order valence-electron chi connectivity index (χ0n) is 13.9. The van der Waals surface area contributed by atoms with Crippen molar-refractivity contribution < 1.29 is 19.1 Å². The van der Waals surface area contributed by atoms with Gasteiger partial charge in [0.25, 0.3) is 0 Å². The highest BCUT2D eigenvalue weighted by Gasteiger charge is 2.12. The van der Waals surface area contributed by atoms with Gasteiger partial charge in [0.15, 0.2) is 0 Å². The molecule has 0 bridgehead atoms. The smallest absolute Gasteiger partial charge is 0.335 e. The zero-order valence-corrected chi connectivity index (χ0v) is 14.7. The van der Waals surface area contributed by atoms with Gasteiger partial charge in [-0.3, -0.25) is 4.79 Å². The second kappa shape index (κ2) is 8.41. The lowest BCUT2D eigenvalue weighted by Gasteiger charge is -2.06. The monoisotopic (exact) mass is 387 g/mol. The first-order chi connectivity index (χ1) is 13.0. The summed E-state index contributed by atoms with van der Waals surface area (Å²) in [6.45, 7) is 0.221. The molecule has 3 rings (SSSR count). The maximum Gasteiger partial charge on any atom is 0.335 e. The van der Waals surface area contributed by atoms with Crippen LogP contribution in [0.1, 0.15) is 15.9 Å². The highest BCUT2D eigenvalue weighted by atomic mass is 32.2. The highest BCUT2D eigenvalue weighted by Crippen LogP contribution is 2.18. The maximum atomic E-state index is 13.1. The molecule has 0 spiro atoms. The Kier molecular flexibility index (Phi) is 5.77. The molecule has 0 atom stereocenters. The Bertz CT molecular complexity index is 961. The van der Waals surface area contributed by atoms with E-state index in [1.165, 1.54) is 28.9 Å². The number of hydrogen-bond donors (Lipinski definition) is 2. The molecule has 0 aliphatic heterocycles. The third-order valence-electron chi connectivity index (χ3n) is 3.51. The Morgan fingerprint density at radius 3 is 2.67 bits per heavy atom. The largest absolute Gasteiger partial charge is 0.478 e. The predicted octanol–water partition coefficient (Wildman–Crippen LogP) is 1.91. The third kappa shape index (κ3) is 4.88. The summed E-state index contributed by atoms with van der Waals surface area (Å²) in [5, 5.41) is 23.3. The van der Waals surface area contributed by atoms with Crippen molar-refractivity contribution in [2.24, 2.45) is 0 Å². The number of aromatic carboxylic acids is 1. The van der Waals surface area contributed by atoms with Gasteiger partial charge in [-0.1, -0.05) is 23.9 Å². The van der Waals surface area contributed by atoms with Crippen LogP contribution < -0.4 is 5.32 Å². The Balaban J connectivity index is 1.58. The van der Waals surface area contributed by atoms with Crippen molar-refractivity contribution >= 4 is 23.6 Å². The summed E-state index contributed by atoms with van der Waals surface area (Å²) in [5.74, 6) is -1.56. The van der Waals surface area contributed by atoms with Crippen LogP contribution in [0.15, 0.2) is 53.7 Å². The maximum absolute atomic E-state index is 13.1. The molecule has 0 saturated carbocycles. The number of benzene rings is 2. The number of nitrogens with zero attached hydrogens (tertiary/aromatic N) is 4. The summed E-state index contributed by atoms with van der Waals surface area (Å²) in [7, 11) is 0. The van der Waals surface area contributed by atoms with Crippen molar-refractivity contribution in [1.82, 2.24) is 25.5 Å². The van der Waals surface area contributed by atoms with Gasteiger partial charge >= 0.3 is 5.97 Å². The molecule has 0 unspecified atom stereocenters. The molecule has 27 heavy (non-hydrogen) atoms. The minimum Gasteiger partial charge on any atom is -0.478 e. The van der Waals surface area contributed by atoms with Crippen LogP contribution in [0.25, 0.3) is 5.69 Å². The van der Waals surface area contributed by atoms with Crippen molar-refractivity contribution in [1.29, 1.82) is 0 Å². The fraction of sp³-hybridized carbons (Fsp3) is 0.118. The van der Waals surface area contributed by atoms with Gasteiger partial charge in [-0.25, -0.2) is 9.18 Å². The van der Waals surface area contributed by atoms with E-state index in [4.69, 9.17) is 5.11 Å². The van der Waals surface area contributed by atoms with E-state index in [9.17, 15) is 14.0 Å². The quantitative estimate of drug-likeness (QED) is 0.596. The number of aromatic nitrogens is 4. The number of amides is 1. The highest BCUT2D eigenvalue weighted by molar-refractivity contribution is 7.99. The topological polar surface area (TPSA) is 110 Å². The van der Waals surface area contributed by atoms with Crippen LogP contribution in [0.3, 0.4) is 0 Å². The molecule has 138 valence electrons. The molecule has 2 aromatic carbocycles. The Labute approximate surface area is 157 Å². The molecule has 1 aromatic heterocycles.